The van der Waals surface area contributed by atoms with Crippen LogP contribution in [0.25, 0.3) is 0 Å². The molecule has 0 radical (unpaired) electrons. The molecule has 0 saturated carbocycles. The van der Waals surface area contributed by atoms with Crippen molar-refractivity contribution in [2.45, 2.75) is 22.6 Å². The lowest BCUT2D eigenvalue weighted by Gasteiger charge is -2.30. The highest BCUT2D eigenvalue weighted by Crippen LogP contribution is 2.25. The van der Waals surface area contributed by atoms with Crippen molar-refractivity contribution in [3.63, 3.8) is 0 Å². The maximum Gasteiger partial charge on any atom is 0.243 e. The Hall–Kier alpha value is -0.740. The van der Waals surface area contributed by atoms with Crippen LogP contribution in [0.1, 0.15) is 12.8 Å². The van der Waals surface area contributed by atoms with E-state index in [0.717, 1.165) is 24.5 Å². The monoisotopic (exact) mass is 386 g/mol. The van der Waals surface area contributed by atoms with Gasteiger partial charge in [0.1, 0.15) is 10.7 Å². The molecule has 23 heavy (non-hydrogen) atoms. The molecule has 1 aliphatic heterocycles. The number of nitrogens with two attached hydrogens (primary N) is 1. The Morgan fingerprint density at radius 2 is 1.78 bits per heavy atom. The minimum absolute atomic E-state index is 0. The van der Waals surface area contributed by atoms with Crippen molar-refractivity contribution in [3.8, 4) is 0 Å². The predicted octanol–water partition coefficient (Wildman–Crippen LogP) is 1.01. The minimum Gasteiger partial charge on any atom is -0.330 e. The van der Waals surface area contributed by atoms with E-state index in [4.69, 9.17) is 5.73 Å². The third-order valence-electron chi connectivity index (χ3n) is 3.85. The Kier molecular flexibility index (Phi) is 6.56. The molecule has 1 aromatic carbocycles. The number of hydrogen-bond acceptors (Lipinski definition) is 5. The summed E-state index contributed by atoms with van der Waals surface area (Å²) in [6, 6.07) is 2.88. The van der Waals surface area contributed by atoms with Gasteiger partial charge in [-0.3, -0.25) is 0 Å². The molecule has 2 N–H and O–H groups in total. The van der Waals surface area contributed by atoms with E-state index in [0.29, 0.717) is 38.4 Å². The smallest absolute Gasteiger partial charge is 0.243 e. The molecule has 0 atom stereocenters. The quantitative estimate of drug-likeness (QED) is 0.832. The van der Waals surface area contributed by atoms with Crippen molar-refractivity contribution >= 4 is 32.3 Å². The van der Waals surface area contributed by atoms with Crippen molar-refractivity contribution in [1.29, 1.82) is 0 Å². The first-order valence-corrected chi connectivity index (χ1v) is 10.2. The molecule has 1 fully saturated rings. The Labute approximate surface area is 142 Å². The number of halogens is 2. The second-order valence-electron chi connectivity index (χ2n) is 5.45. The summed E-state index contributed by atoms with van der Waals surface area (Å²) in [5, 5.41) is 0. The van der Waals surface area contributed by atoms with Gasteiger partial charge >= 0.3 is 0 Å². The van der Waals surface area contributed by atoms with Gasteiger partial charge in [0.2, 0.25) is 10.0 Å². The second-order valence-corrected chi connectivity index (χ2v) is 9.37. The van der Waals surface area contributed by atoms with Crippen LogP contribution in [0.5, 0.6) is 0 Å². The topological polar surface area (TPSA) is 97.5 Å². The zero-order chi connectivity index (χ0) is 16.5. The number of benzene rings is 1. The molecule has 6 nitrogen and oxygen atoms in total. The fraction of sp³-hybridized carbons (Fsp3) is 0.538. The Morgan fingerprint density at radius 3 is 2.22 bits per heavy atom. The summed E-state index contributed by atoms with van der Waals surface area (Å²) in [7, 11) is -7.55. The number of sulfonamides is 1. The first-order valence-electron chi connectivity index (χ1n) is 6.86. The van der Waals surface area contributed by atoms with E-state index >= 15 is 0 Å². The zero-order valence-corrected chi connectivity index (χ0v) is 15.1. The van der Waals surface area contributed by atoms with Crippen LogP contribution in [-0.2, 0) is 19.9 Å². The van der Waals surface area contributed by atoms with E-state index in [1.807, 2.05) is 0 Å². The molecule has 1 saturated heterocycles. The molecule has 1 aromatic rings. The maximum absolute atomic E-state index is 13.9. The number of rotatable bonds is 4. The first-order chi connectivity index (χ1) is 10.2. The van der Waals surface area contributed by atoms with Crippen LogP contribution < -0.4 is 5.73 Å². The van der Waals surface area contributed by atoms with E-state index in [-0.39, 0.29) is 17.3 Å². The van der Waals surface area contributed by atoms with Gasteiger partial charge in [0.25, 0.3) is 0 Å². The summed E-state index contributed by atoms with van der Waals surface area (Å²) < 4.78 is 62.9. The van der Waals surface area contributed by atoms with Gasteiger partial charge < -0.3 is 5.73 Å². The molecular weight excluding hydrogens is 367 g/mol. The molecule has 1 heterocycles. The largest absolute Gasteiger partial charge is 0.330 e. The van der Waals surface area contributed by atoms with Gasteiger partial charge in [0.15, 0.2) is 9.84 Å². The van der Waals surface area contributed by atoms with Crippen molar-refractivity contribution < 1.29 is 21.2 Å². The second kappa shape index (κ2) is 7.43. The predicted molar refractivity (Wildman–Crippen MR) is 87.3 cm³/mol. The van der Waals surface area contributed by atoms with Crippen molar-refractivity contribution in [3.05, 3.63) is 24.0 Å². The van der Waals surface area contributed by atoms with Gasteiger partial charge in [-0.15, -0.1) is 12.4 Å². The molecule has 132 valence electrons. The van der Waals surface area contributed by atoms with Gasteiger partial charge in [-0.1, -0.05) is 0 Å². The van der Waals surface area contributed by atoms with Crippen LogP contribution in [-0.4, -0.2) is 47.0 Å². The third kappa shape index (κ3) is 4.42. The minimum atomic E-state index is -3.82. The highest BCUT2D eigenvalue weighted by molar-refractivity contribution is 7.90. The number of sulfone groups is 1. The summed E-state index contributed by atoms with van der Waals surface area (Å²) >= 11 is 0. The summed E-state index contributed by atoms with van der Waals surface area (Å²) in [5.41, 5.74) is 5.57. The number of nitrogens with zero attached hydrogens (tertiary/aromatic N) is 1. The lowest BCUT2D eigenvalue weighted by atomic mass is 9.99. The Morgan fingerprint density at radius 1 is 1.22 bits per heavy atom. The van der Waals surface area contributed by atoms with Crippen LogP contribution in [0.2, 0.25) is 0 Å². The lowest BCUT2D eigenvalue weighted by Crippen LogP contribution is -2.40. The van der Waals surface area contributed by atoms with Crippen molar-refractivity contribution in [2.75, 3.05) is 25.9 Å². The van der Waals surface area contributed by atoms with Gasteiger partial charge in [-0.05, 0) is 43.5 Å². The molecule has 2 rings (SSSR count). The van der Waals surface area contributed by atoms with E-state index in [1.165, 1.54) is 4.31 Å². The van der Waals surface area contributed by atoms with Crippen molar-refractivity contribution in [2.24, 2.45) is 11.7 Å². The van der Waals surface area contributed by atoms with Crippen molar-refractivity contribution in [1.82, 2.24) is 4.31 Å². The Bertz CT molecular complexity index is 760. The zero-order valence-electron chi connectivity index (χ0n) is 12.6. The maximum atomic E-state index is 13.9. The average molecular weight is 387 g/mol. The summed E-state index contributed by atoms with van der Waals surface area (Å²) in [6.07, 6.45) is 2.20. The molecule has 0 spiro atoms. The lowest BCUT2D eigenvalue weighted by molar-refractivity contribution is 0.278. The number of piperidine rings is 1. The molecule has 1 aliphatic rings. The normalized spacial score (nSPS) is 17.7. The van der Waals surface area contributed by atoms with E-state index < -0.39 is 30.6 Å². The fourth-order valence-electron chi connectivity index (χ4n) is 2.48. The standard InChI is InChI=1S/C13H19FN2O4S2.ClH/c1-21(17,18)13-3-2-11(8-12(13)14)22(19,20)16-6-4-10(9-15)5-7-16;/h2-3,8,10H,4-7,9,15H2,1H3;1H. The van der Waals surface area contributed by atoms with Gasteiger partial charge in [-0.25, -0.2) is 21.2 Å². The first kappa shape index (κ1) is 20.3. The third-order valence-corrected chi connectivity index (χ3v) is 6.87. The van der Waals surface area contributed by atoms with Crippen LogP contribution in [0.4, 0.5) is 4.39 Å². The summed E-state index contributed by atoms with van der Waals surface area (Å²) in [5.74, 6) is -0.754. The van der Waals surface area contributed by atoms with Gasteiger partial charge in [0, 0.05) is 19.3 Å². The van der Waals surface area contributed by atoms with E-state index in [2.05, 4.69) is 0 Å². The van der Waals surface area contributed by atoms with Crippen LogP contribution in [0.3, 0.4) is 0 Å². The highest BCUT2D eigenvalue weighted by atomic mass is 35.5. The van der Waals surface area contributed by atoms with E-state index in [9.17, 15) is 21.2 Å². The SMILES string of the molecule is CS(=O)(=O)c1ccc(S(=O)(=O)N2CCC(CN)CC2)cc1F.Cl. The van der Waals surface area contributed by atoms with E-state index in [1.54, 1.807) is 0 Å². The van der Waals surface area contributed by atoms with Gasteiger partial charge in [-0.2, -0.15) is 4.31 Å². The average Bonchev–Trinajstić information content (AvgIpc) is 2.46. The Balaban J connectivity index is 0.00000264. The molecule has 0 bridgehead atoms. The van der Waals surface area contributed by atoms with Gasteiger partial charge in [0.05, 0.1) is 4.90 Å². The molecular formula is C13H20ClFN2O4S2. The van der Waals surface area contributed by atoms with Crippen LogP contribution in [0, 0.1) is 11.7 Å². The summed E-state index contributed by atoms with van der Waals surface area (Å²) in [6.45, 7) is 1.19. The molecule has 0 aliphatic carbocycles. The van der Waals surface area contributed by atoms with Crippen LogP contribution >= 0.6 is 12.4 Å². The molecule has 0 unspecified atom stereocenters. The fourth-order valence-corrected chi connectivity index (χ4v) is 4.69. The summed E-state index contributed by atoms with van der Waals surface area (Å²) in [4.78, 5) is -0.739. The molecule has 0 amide bonds. The molecule has 0 aromatic heterocycles. The number of hydrogen-bond donors (Lipinski definition) is 1. The van der Waals surface area contributed by atoms with Crippen LogP contribution in [0.15, 0.2) is 28.0 Å². The highest BCUT2D eigenvalue weighted by Gasteiger charge is 2.30. The molecule has 10 heteroatoms.